The maximum atomic E-state index is 14.6. The van der Waals surface area contributed by atoms with Crippen LogP contribution < -0.4 is 10.2 Å². The number of nitrogens with zero attached hydrogens (tertiary/aromatic N) is 2. The summed E-state index contributed by atoms with van der Waals surface area (Å²) >= 11 is 0. The molecule has 9 heteroatoms. The van der Waals surface area contributed by atoms with Gasteiger partial charge in [0.05, 0.1) is 27.6 Å². The molecule has 1 N–H and O–H groups in total. The number of carbonyl (C=O) groups excluding carboxylic acids is 2. The fourth-order valence-corrected chi connectivity index (χ4v) is 7.51. The summed E-state index contributed by atoms with van der Waals surface area (Å²) in [4.78, 5) is 30.3. The van der Waals surface area contributed by atoms with Crippen molar-refractivity contribution >= 4 is 27.3 Å². The number of likely N-dealkylation sites (tertiary alicyclic amines) is 1. The third-order valence-electron chi connectivity index (χ3n) is 7.62. The van der Waals surface area contributed by atoms with Gasteiger partial charge in [0, 0.05) is 30.8 Å². The van der Waals surface area contributed by atoms with Gasteiger partial charge in [-0.3, -0.25) is 9.59 Å². The van der Waals surface area contributed by atoms with Crippen molar-refractivity contribution in [1.29, 1.82) is 0 Å². The standard InChI is InChI=1S/C31H34FN3O4S/c1-21-16-22(2)19-34(18-21)15-7-14-33-30(36)23-12-13-29-27(17-23)35(20-24-8-3-5-10-26(24)32)31(37)25-9-4-6-11-28(25)40(29,38)39/h3-6,8-13,17,21-22H,7,14-16,18-20H2,1-2H3,(H,33,36)/t21-,22+. The molecule has 3 aromatic carbocycles. The number of amides is 2. The number of carbonyl (C=O) groups is 2. The van der Waals surface area contributed by atoms with Crippen LogP contribution in [0.25, 0.3) is 0 Å². The molecule has 7 nitrogen and oxygen atoms in total. The van der Waals surface area contributed by atoms with Gasteiger partial charge in [-0.25, -0.2) is 12.8 Å². The van der Waals surface area contributed by atoms with Gasteiger partial charge in [-0.1, -0.05) is 44.2 Å². The molecule has 0 radical (unpaired) electrons. The Labute approximate surface area is 234 Å². The fourth-order valence-electron chi connectivity index (χ4n) is 5.88. The van der Waals surface area contributed by atoms with E-state index in [4.69, 9.17) is 0 Å². The van der Waals surface area contributed by atoms with Crippen LogP contribution in [-0.4, -0.2) is 51.3 Å². The molecule has 0 aromatic heterocycles. The second-order valence-electron chi connectivity index (χ2n) is 11.0. The van der Waals surface area contributed by atoms with Crippen LogP contribution in [0, 0.1) is 17.7 Å². The van der Waals surface area contributed by atoms with Crippen LogP contribution in [0.5, 0.6) is 0 Å². The fraction of sp³-hybridized carbons (Fsp3) is 0.355. The first kappa shape index (κ1) is 28.0. The molecule has 40 heavy (non-hydrogen) atoms. The topological polar surface area (TPSA) is 86.8 Å². The average molecular weight is 564 g/mol. The van der Waals surface area contributed by atoms with E-state index in [1.165, 1.54) is 47.7 Å². The molecule has 2 amide bonds. The van der Waals surface area contributed by atoms with E-state index in [2.05, 4.69) is 24.1 Å². The van der Waals surface area contributed by atoms with Gasteiger partial charge in [0.15, 0.2) is 0 Å². The van der Waals surface area contributed by atoms with Crippen molar-refractivity contribution < 1.29 is 22.4 Å². The number of hydrogen-bond acceptors (Lipinski definition) is 5. The second kappa shape index (κ2) is 11.5. The predicted molar refractivity (Wildman–Crippen MR) is 152 cm³/mol. The van der Waals surface area contributed by atoms with E-state index >= 15 is 0 Å². The van der Waals surface area contributed by atoms with E-state index in [1.807, 2.05) is 0 Å². The molecular formula is C31H34FN3O4S. The minimum Gasteiger partial charge on any atom is -0.352 e. The zero-order valence-electron chi connectivity index (χ0n) is 22.8. The van der Waals surface area contributed by atoms with Crippen LogP contribution in [0.4, 0.5) is 10.1 Å². The number of benzene rings is 3. The summed E-state index contributed by atoms with van der Waals surface area (Å²) in [6, 6.07) is 16.3. The van der Waals surface area contributed by atoms with Crippen LogP contribution in [0.15, 0.2) is 76.5 Å². The zero-order chi connectivity index (χ0) is 28.4. The van der Waals surface area contributed by atoms with Crippen molar-refractivity contribution in [2.45, 2.75) is 43.0 Å². The Morgan fingerprint density at radius 2 is 1.68 bits per heavy atom. The van der Waals surface area contributed by atoms with Crippen LogP contribution in [0.3, 0.4) is 0 Å². The minimum atomic E-state index is -4.08. The van der Waals surface area contributed by atoms with Gasteiger partial charge < -0.3 is 15.1 Å². The molecule has 2 heterocycles. The first-order valence-electron chi connectivity index (χ1n) is 13.7. The molecule has 0 unspecified atom stereocenters. The lowest BCUT2D eigenvalue weighted by atomic mass is 9.92. The molecule has 0 aliphatic carbocycles. The number of sulfone groups is 1. The third kappa shape index (κ3) is 5.67. The van der Waals surface area contributed by atoms with Gasteiger partial charge in [-0.2, -0.15) is 0 Å². The molecule has 2 atom stereocenters. The van der Waals surface area contributed by atoms with Crippen molar-refractivity contribution in [3.8, 4) is 0 Å². The van der Waals surface area contributed by atoms with Crippen LogP contribution in [0.2, 0.25) is 0 Å². The van der Waals surface area contributed by atoms with Crippen molar-refractivity contribution in [3.63, 3.8) is 0 Å². The molecule has 0 bridgehead atoms. The van der Waals surface area contributed by atoms with Gasteiger partial charge in [0.2, 0.25) is 9.84 Å². The Morgan fingerprint density at radius 3 is 2.42 bits per heavy atom. The average Bonchev–Trinajstić information content (AvgIpc) is 2.99. The predicted octanol–water partition coefficient (Wildman–Crippen LogP) is 4.92. The number of nitrogens with one attached hydrogen (secondary N) is 1. The molecule has 0 saturated carbocycles. The summed E-state index contributed by atoms with van der Waals surface area (Å²) in [7, 11) is -4.08. The van der Waals surface area contributed by atoms with Gasteiger partial charge in [0.25, 0.3) is 11.8 Å². The monoisotopic (exact) mass is 563 g/mol. The molecule has 1 fully saturated rings. The van der Waals surface area contributed by atoms with Gasteiger partial charge in [-0.05, 0) is 67.6 Å². The molecule has 2 aliphatic heterocycles. The third-order valence-corrected chi connectivity index (χ3v) is 9.48. The molecule has 2 aliphatic rings. The summed E-state index contributed by atoms with van der Waals surface area (Å²) in [6.45, 7) is 7.82. The van der Waals surface area contributed by atoms with Gasteiger partial charge in [-0.15, -0.1) is 0 Å². The summed E-state index contributed by atoms with van der Waals surface area (Å²) in [5.41, 5.74) is 0.511. The summed E-state index contributed by atoms with van der Waals surface area (Å²) < 4.78 is 41.9. The van der Waals surface area contributed by atoms with E-state index in [0.29, 0.717) is 18.4 Å². The number of halogens is 1. The molecule has 3 aromatic rings. The normalized spacial score (nSPS) is 20.4. The maximum Gasteiger partial charge on any atom is 0.259 e. The van der Waals surface area contributed by atoms with Crippen molar-refractivity contribution in [1.82, 2.24) is 10.2 Å². The van der Waals surface area contributed by atoms with Crippen molar-refractivity contribution in [2.24, 2.45) is 11.8 Å². The van der Waals surface area contributed by atoms with Crippen LogP contribution in [-0.2, 0) is 16.4 Å². The Kier molecular flexibility index (Phi) is 8.05. The first-order valence-corrected chi connectivity index (χ1v) is 15.2. The Morgan fingerprint density at radius 1 is 0.975 bits per heavy atom. The van der Waals surface area contributed by atoms with Crippen LogP contribution >= 0.6 is 0 Å². The van der Waals surface area contributed by atoms with Crippen molar-refractivity contribution in [3.05, 3.63) is 89.2 Å². The summed E-state index contributed by atoms with van der Waals surface area (Å²) in [6.07, 6.45) is 2.03. The molecule has 5 rings (SSSR count). The summed E-state index contributed by atoms with van der Waals surface area (Å²) in [5.74, 6) is -0.126. The van der Waals surface area contributed by atoms with E-state index in [-0.39, 0.29) is 44.6 Å². The number of rotatable bonds is 7. The number of hydrogen-bond donors (Lipinski definition) is 1. The van der Waals surface area contributed by atoms with E-state index in [9.17, 15) is 22.4 Å². The molecular weight excluding hydrogens is 529 g/mol. The number of anilines is 1. The highest BCUT2D eigenvalue weighted by Crippen LogP contribution is 2.38. The highest BCUT2D eigenvalue weighted by atomic mass is 32.2. The number of fused-ring (bicyclic) bond motifs is 2. The zero-order valence-corrected chi connectivity index (χ0v) is 23.6. The lowest BCUT2D eigenvalue weighted by Gasteiger charge is -2.34. The minimum absolute atomic E-state index is 0.00221. The highest BCUT2D eigenvalue weighted by molar-refractivity contribution is 7.91. The van der Waals surface area contributed by atoms with Gasteiger partial charge in [0.1, 0.15) is 5.82 Å². The number of piperidine rings is 1. The Hall–Kier alpha value is -3.56. The Bertz CT molecular complexity index is 1530. The van der Waals surface area contributed by atoms with Crippen molar-refractivity contribution in [2.75, 3.05) is 31.1 Å². The van der Waals surface area contributed by atoms with Gasteiger partial charge >= 0.3 is 0 Å². The Balaban J connectivity index is 1.41. The lowest BCUT2D eigenvalue weighted by molar-refractivity contribution is 0.0944. The highest BCUT2D eigenvalue weighted by Gasteiger charge is 2.36. The summed E-state index contributed by atoms with van der Waals surface area (Å²) in [5, 5.41) is 2.93. The molecule has 1 saturated heterocycles. The molecule has 0 spiro atoms. The SMILES string of the molecule is C[C@@H]1C[C@H](C)CN(CCCNC(=O)c2ccc3c(c2)N(Cc2ccccc2F)C(=O)c2ccccc2S3(=O)=O)C1. The van der Waals surface area contributed by atoms with E-state index in [1.54, 1.807) is 30.3 Å². The largest absolute Gasteiger partial charge is 0.352 e. The smallest absolute Gasteiger partial charge is 0.259 e. The maximum absolute atomic E-state index is 14.6. The quantitative estimate of drug-likeness (QED) is 0.413. The molecule has 210 valence electrons. The van der Waals surface area contributed by atoms with Crippen LogP contribution in [0.1, 0.15) is 53.0 Å². The first-order chi connectivity index (χ1) is 19.1. The van der Waals surface area contributed by atoms with E-state index < -0.39 is 21.6 Å². The second-order valence-corrected chi connectivity index (χ2v) is 12.9. The lowest BCUT2D eigenvalue weighted by Crippen LogP contribution is -2.40. The van der Waals surface area contributed by atoms with E-state index in [0.717, 1.165) is 26.1 Å².